The Morgan fingerprint density at radius 3 is 2.71 bits per heavy atom. The van der Waals surface area contributed by atoms with Gasteiger partial charge in [0.25, 0.3) is 11.4 Å². The highest BCUT2D eigenvalue weighted by Crippen LogP contribution is 2.27. The lowest BCUT2D eigenvalue weighted by Gasteiger charge is -2.11. The molecule has 0 saturated heterocycles. The standard InChI is InChI=1S/C23H24N6O2.2H2/c1-14(2)29-13-18(8-9-20(29)30)19-12-25-15(3)21(26-19)23-28-27-22(31-23)17-7-5-6-16(10-17)11-24-4;;/h5-10,12-14,24H,11H2,1-4H3;2*1H. The van der Waals surface area contributed by atoms with Gasteiger partial charge in [-0.2, -0.15) is 0 Å². The molecule has 4 rings (SSSR count). The van der Waals surface area contributed by atoms with Gasteiger partial charge in [0.1, 0.15) is 5.69 Å². The third-order valence-corrected chi connectivity index (χ3v) is 4.93. The molecule has 4 aromatic rings. The van der Waals surface area contributed by atoms with E-state index in [1.807, 2.05) is 52.1 Å². The number of aromatic nitrogens is 5. The molecule has 0 amide bonds. The van der Waals surface area contributed by atoms with Crippen LogP contribution in [0, 0.1) is 6.92 Å². The van der Waals surface area contributed by atoms with Crippen molar-refractivity contribution < 1.29 is 7.27 Å². The zero-order chi connectivity index (χ0) is 22.0. The van der Waals surface area contributed by atoms with E-state index in [1.165, 1.54) is 0 Å². The maximum absolute atomic E-state index is 12.1. The van der Waals surface area contributed by atoms with Crippen LogP contribution in [0.1, 0.15) is 34.0 Å². The fraction of sp³-hybridized carbons (Fsp3) is 0.261. The van der Waals surface area contributed by atoms with Crippen molar-refractivity contribution in [3.63, 3.8) is 0 Å². The van der Waals surface area contributed by atoms with Gasteiger partial charge < -0.3 is 14.3 Å². The smallest absolute Gasteiger partial charge is 0.268 e. The lowest BCUT2D eigenvalue weighted by molar-refractivity contribution is 0.578. The number of hydrogen-bond acceptors (Lipinski definition) is 7. The molecule has 0 radical (unpaired) electrons. The van der Waals surface area contributed by atoms with Crippen LogP contribution in [0.25, 0.3) is 34.3 Å². The molecule has 0 bridgehead atoms. The lowest BCUT2D eigenvalue weighted by Crippen LogP contribution is -2.20. The van der Waals surface area contributed by atoms with E-state index < -0.39 is 0 Å². The van der Waals surface area contributed by atoms with Crippen molar-refractivity contribution >= 4 is 0 Å². The summed E-state index contributed by atoms with van der Waals surface area (Å²) in [4.78, 5) is 21.3. The van der Waals surface area contributed by atoms with Gasteiger partial charge in [-0.25, -0.2) is 4.98 Å². The van der Waals surface area contributed by atoms with Crippen LogP contribution in [0.5, 0.6) is 0 Å². The summed E-state index contributed by atoms with van der Waals surface area (Å²) in [6, 6.07) is 11.3. The SMILES string of the molecule is CNCc1cccc(-c2nnc(-c3nc(-c4ccc(=O)n(C(C)C)c4)cnc3C)o2)c1.[HH].[HH]. The Kier molecular flexibility index (Phi) is 5.73. The van der Waals surface area contributed by atoms with Crippen molar-refractivity contribution in [3.05, 3.63) is 70.4 Å². The fourth-order valence-electron chi connectivity index (χ4n) is 3.30. The summed E-state index contributed by atoms with van der Waals surface area (Å²) in [5, 5.41) is 11.5. The molecular weight excluding hydrogens is 392 g/mol. The molecular formula is C23H28N6O2. The molecule has 162 valence electrons. The average Bonchev–Trinajstić information content (AvgIpc) is 3.25. The third-order valence-electron chi connectivity index (χ3n) is 4.93. The van der Waals surface area contributed by atoms with Gasteiger partial charge in [0.2, 0.25) is 5.89 Å². The molecule has 3 heterocycles. The van der Waals surface area contributed by atoms with Crippen molar-refractivity contribution in [1.82, 2.24) is 30.0 Å². The molecule has 0 aliphatic rings. The molecule has 0 aliphatic heterocycles. The van der Waals surface area contributed by atoms with Crippen LogP contribution in [0.3, 0.4) is 0 Å². The summed E-state index contributed by atoms with van der Waals surface area (Å²) >= 11 is 0. The molecule has 0 unspecified atom stereocenters. The number of nitrogens with one attached hydrogen (secondary N) is 1. The predicted octanol–water partition coefficient (Wildman–Crippen LogP) is 4.12. The molecule has 0 spiro atoms. The minimum atomic E-state index is -0.0545. The van der Waals surface area contributed by atoms with Crippen LogP contribution < -0.4 is 10.9 Å². The van der Waals surface area contributed by atoms with Crippen molar-refractivity contribution in [2.24, 2.45) is 0 Å². The first-order valence-electron chi connectivity index (χ1n) is 10.1. The largest absolute Gasteiger partial charge is 0.415 e. The highest BCUT2D eigenvalue weighted by atomic mass is 16.4. The van der Waals surface area contributed by atoms with Gasteiger partial charge in [-0.15, -0.1) is 10.2 Å². The normalized spacial score (nSPS) is 11.3. The molecule has 3 aromatic heterocycles. The van der Waals surface area contributed by atoms with Gasteiger partial charge in [-0.1, -0.05) is 12.1 Å². The van der Waals surface area contributed by atoms with E-state index >= 15 is 0 Å². The summed E-state index contributed by atoms with van der Waals surface area (Å²) in [7, 11) is 1.90. The zero-order valence-corrected chi connectivity index (χ0v) is 18.0. The van der Waals surface area contributed by atoms with E-state index in [-0.39, 0.29) is 14.5 Å². The summed E-state index contributed by atoms with van der Waals surface area (Å²) in [5.74, 6) is 0.728. The van der Waals surface area contributed by atoms with Crippen LogP contribution in [0.4, 0.5) is 0 Å². The maximum atomic E-state index is 12.1. The highest BCUT2D eigenvalue weighted by molar-refractivity contribution is 5.63. The number of aryl methyl sites for hydroxylation is 1. The number of pyridine rings is 1. The zero-order valence-electron chi connectivity index (χ0n) is 18.0. The lowest BCUT2D eigenvalue weighted by atomic mass is 10.1. The summed E-state index contributed by atoms with van der Waals surface area (Å²) in [5.41, 5.74) is 4.54. The van der Waals surface area contributed by atoms with Crippen LogP contribution in [-0.4, -0.2) is 31.8 Å². The molecule has 0 aliphatic carbocycles. The average molecular weight is 421 g/mol. The molecule has 1 aromatic carbocycles. The van der Waals surface area contributed by atoms with Crippen molar-refractivity contribution in [2.75, 3.05) is 7.05 Å². The quantitative estimate of drug-likeness (QED) is 0.501. The Labute approximate surface area is 183 Å². The van der Waals surface area contributed by atoms with E-state index in [0.717, 1.165) is 23.2 Å². The molecule has 0 atom stereocenters. The molecule has 31 heavy (non-hydrogen) atoms. The first-order chi connectivity index (χ1) is 15.0. The summed E-state index contributed by atoms with van der Waals surface area (Å²) in [6.45, 7) is 6.52. The molecule has 8 nitrogen and oxygen atoms in total. The first-order valence-corrected chi connectivity index (χ1v) is 10.1. The van der Waals surface area contributed by atoms with Gasteiger partial charge in [-0.05, 0) is 51.6 Å². The van der Waals surface area contributed by atoms with Crippen LogP contribution >= 0.6 is 0 Å². The number of hydrogen-bond donors (Lipinski definition) is 1. The number of rotatable bonds is 6. The highest BCUT2D eigenvalue weighted by Gasteiger charge is 2.17. The van der Waals surface area contributed by atoms with Crippen LogP contribution in [0.15, 0.2) is 58.0 Å². The summed E-state index contributed by atoms with van der Waals surface area (Å²) in [6.07, 6.45) is 3.48. The van der Waals surface area contributed by atoms with E-state index in [2.05, 4.69) is 20.5 Å². The number of benzene rings is 1. The number of nitrogens with zero attached hydrogens (tertiary/aromatic N) is 5. The fourth-order valence-corrected chi connectivity index (χ4v) is 3.30. The molecule has 8 heteroatoms. The van der Waals surface area contributed by atoms with Gasteiger partial charge in [0.05, 0.1) is 17.6 Å². The predicted molar refractivity (Wildman–Crippen MR) is 123 cm³/mol. The van der Waals surface area contributed by atoms with Gasteiger partial charge in [-0.3, -0.25) is 9.78 Å². The van der Waals surface area contributed by atoms with Crippen molar-refractivity contribution in [3.8, 4) is 34.3 Å². The summed E-state index contributed by atoms with van der Waals surface area (Å²) < 4.78 is 7.61. The Morgan fingerprint density at radius 1 is 1.13 bits per heavy atom. The van der Waals surface area contributed by atoms with Crippen LogP contribution in [-0.2, 0) is 6.54 Å². The Morgan fingerprint density at radius 2 is 1.94 bits per heavy atom. The second-order valence-electron chi connectivity index (χ2n) is 7.59. The molecule has 0 fully saturated rings. The topological polar surface area (TPSA) is 98.7 Å². The second-order valence-corrected chi connectivity index (χ2v) is 7.59. The monoisotopic (exact) mass is 420 g/mol. The van der Waals surface area contributed by atoms with E-state index in [4.69, 9.17) is 9.40 Å². The third kappa shape index (κ3) is 4.29. The van der Waals surface area contributed by atoms with E-state index in [0.29, 0.717) is 28.9 Å². The Hall–Kier alpha value is -3.65. The molecule has 0 saturated carbocycles. The van der Waals surface area contributed by atoms with Gasteiger partial charge in [0.15, 0.2) is 0 Å². The molecule has 1 N–H and O–H groups in total. The van der Waals surface area contributed by atoms with Crippen molar-refractivity contribution in [2.45, 2.75) is 33.4 Å². The van der Waals surface area contributed by atoms with Gasteiger partial charge >= 0.3 is 0 Å². The van der Waals surface area contributed by atoms with Crippen LogP contribution in [0.2, 0.25) is 0 Å². The second kappa shape index (κ2) is 8.61. The minimum Gasteiger partial charge on any atom is -0.415 e. The first kappa shape index (κ1) is 20.6. The van der Waals surface area contributed by atoms with E-state index in [1.54, 1.807) is 29.1 Å². The van der Waals surface area contributed by atoms with Gasteiger partial charge in [0, 0.05) is 38.8 Å². The van der Waals surface area contributed by atoms with Crippen molar-refractivity contribution in [1.29, 1.82) is 0 Å². The minimum absolute atomic E-state index is 0. The maximum Gasteiger partial charge on any atom is 0.268 e. The Balaban J connectivity index is 0.00000193. The Bertz CT molecular complexity index is 1290. The van der Waals surface area contributed by atoms with E-state index in [9.17, 15) is 4.79 Å².